The van der Waals surface area contributed by atoms with E-state index in [2.05, 4.69) is 10.5 Å². The fourth-order valence-corrected chi connectivity index (χ4v) is 0.741. The predicted octanol–water partition coefficient (Wildman–Crippen LogP) is 1.66. The molecule has 0 radical (unpaired) electrons. The van der Waals surface area contributed by atoms with Gasteiger partial charge >= 0.3 is 5.97 Å². The molecule has 0 heterocycles. The largest absolute Gasteiger partial charge is 0.465 e. The molecule has 1 N–H and O–H groups in total. The Morgan fingerprint density at radius 3 is 2.82 bits per heavy atom. The van der Waals surface area contributed by atoms with Crippen LogP contribution in [0.1, 0.15) is 26.7 Å². The van der Waals surface area contributed by atoms with Gasteiger partial charge in [0, 0.05) is 22.9 Å². The molecule has 0 amide bonds. The summed E-state index contributed by atoms with van der Waals surface area (Å²) in [6, 6.07) is -0.201. The van der Waals surface area contributed by atoms with Crippen LogP contribution < -0.4 is 3.53 Å². The van der Waals surface area contributed by atoms with Crippen molar-refractivity contribution in [3.8, 4) is 0 Å². The Hall–Kier alpha value is 0.160. The van der Waals surface area contributed by atoms with Gasteiger partial charge in [0.25, 0.3) is 0 Å². The molecule has 0 aromatic heterocycles. The van der Waals surface area contributed by atoms with E-state index in [4.69, 9.17) is 4.74 Å². The second-order valence-electron chi connectivity index (χ2n) is 2.35. The van der Waals surface area contributed by atoms with Crippen LogP contribution >= 0.6 is 22.9 Å². The van der Waals surface area contributed by atoms with E-state index in [1.165, 1.54) is 0 Å². The lowest BCUT2D eigenvalue weighted by Crippen LogP contribution is -2.29. The molecule has 0 rings (SSSR count). The molecule has 1 unspecified atom stereocenters. The number of nitrogens with one attached hydrogen (secondary N) is 1. The first kappa shape index (κ1) is 11.2. The Labute approximate surface area is 81.4 Å². The second-order valence-corrected chi connectivity index (χ2v) is 2.97. The van der Waals surface area contributed by atoms with Gasteiger partial charge in [-0.15, -0.1) is 0 Å². The molecule has 0 fully saturated rings. The van der Waals surface area contributed by atoms with Crippen molar-refractivity contribution in [2.45, 2.75) is 32.7 Å². The zero-order chi connectivity index (χ0) is 8.69. The Balaban J connectivity index is 3.36. The smallest absolute Gasteiger partial charge is 0.323 e. The van der Waals surface area contributed by atoms with Crippen LogP contribution in [0.25, 0.3) is 0 Å². The van der Waals surface area contributed by atoms with Gasteiger partial charge in [-0.3, -0.25) is 4.79 Å². The highest BCUT2D eigenvalue weighted by molar-refractivity contribution is 14.1. The highest BCUT2D eigenvalue weighted by Crippen LogP contribution is 1.93. The van der Waals surface area contributed by atoms with Crippen LogP contribution in [0.5, 0.6) is 0 Å². The lowest BCUT2D eigenvalue weighted by atomic mass is 10.3. The first-order valence-electron chi connectivity index (χ1n) is 3.75. The molecule has 0 spiro atoms. The van der Waals surface area contributed by atoms with E-state index in [-0.39, 0.29) is 12.0 Å². The third-order valence-electron chi connectivity index (χ3n) is 1.26. The van der Waals surface area contributed by atoms with Crippen LogP contribution in [0.15, 0.2) is 0 Å². The summed E-state index contributed by atoms with van der Waals surface area (Å²) in [6.07, 6.45) is 2.00. The first-order chi connectivity index (χ1) is 5.22. The summed E-state index contributed by atoms with van der Waals surface area (Å²) in [7, 11) is 0. The average Bonchev–Trinajstić information content (AvgIpc) is 2.03. The number of hydrogen-bond acceptors (Lipinski definition) is 3. The number of unbranched alkanes of at least 4 members (excludes halogenated alkanes) is 1. The monoisotopic (exact) mass is 271 g/mol. The number of rotatable bonds is 5. The summed E-state index contributed by atoms with van der Waals surface area (Å²) in [5, 5.41) is 0. The van der Waals surface area contributed by atoms with Gasteiger partial charge in [0.2, 0.25) is 0 Å². The number of halogens is 1. The molecular formula is C7H14INO2. The summed E-state index contributed by atoms with van der Waals surface area (Å²) in [6.45, 7) is 4.38. The molecular weight excluding hydrogens is 257 g/mol. The molecule has 0 bridgehead atoms. The van der Waals surface area contributed by atoms with E-state index in [0.717, 1.165) is 12.8 Å². The molecule has 0 aromatic carbocycles. The second kappa shape index (κ2) is 6.84. The highest BCUT2D eigenvalue weighted by atomic mass is 127. The Morgan fingerprint density at radius 1 is 1.73 bits per heavy atom. The van der Waals surface area contributed by atoms with Gasteiger partial charge < -0.3 is 4.74 Å². The molecule has 4 heteroatoms. The Morgan fingerprint density at radius 2 is 2.36 bits per heavy atom. The standard InChI is InChI=1S/C7H14INO2/c1-3-4-5-11-7(10)6(2)9-8/h6,9H,3-5H2,1-2H3. The van der Waals surface area contributed by atoms with Gasteiger partial charge in [0.1, 0.15) is 6.04 Å². The van der Waals surface area contributed by atoms with Crippen molar-refractivity contribution in [2.75, 3.05) is 6.61 Å². The van der Waals surface area contributed by atoms with E-state index in [1.54, 1.807) is 6.92 Å². The Bertz CT molecular complexity index is 119. The zero-order valence-corrected chi connectivity index (χ0v) is 9.05. The van der Waals surface area contributed by atoms with Gasteiger partial charge in [0.05, 0.1) is 6.61 Å². The normalized spacial score (nSPS) is 12.6. The summed E-state index contributed by atoms with van der Waals surface area (Å²) >= 11 is 1.94. The summed E-state index contributed by atoms with van der Waals surface area (Å²) in [4.78, 5) is 11.0. The van der Waals surface area contributed by atoms with Crippen molar-refractivity contribution in [3.05, 3.63) is 0 Å². The summed E-state index contributed by atoms with van der Waals surface area (Å²) < 4.78 is 7.72. The van der Waals surface area contributed by atoms with Crippen molar-refractivity contribution < 1.29 is 9.53 Å². The Kier molecular flexibility index (Phi) is 6.94. The van der Waals surface area contributed by atoms with Crippen LogP contribution in [0.3, 0.4) is 0 Å². The van der Waals surface area contributed by atoms with Crippen LogP contribution in [-0.4, -0.2) is 18.6 Å². The van der Waals surface area contributed by atoms with E-state index in [0.29, 0.717) is 6.61 Å². The summed E-state index contributed by atoms with van der Waals surface area (Å²) in [5.41, 5.74) is 0. The molecule has 0 aliphatic rings. The zero-order valence-electron chi connectivity index (χ0n) is 6.89. The average molecular weight is 271 g/mol. The number of carbonyl (C=O) groups is 1. The quantitative estimate of drug-likeness (QED) is 0.357. The minimum absolute atomic E-state index is 0.173. The molecule has 11 heavy (non-hydrogen) atoms. The number of ether oxygens (including phenoxy) is 1. The molecule has 0 aliphatic heterocycles. The van der Waals surface area contributed by atoms with Crippen LogP contribution in [0.4, 0.5) is 0 Å². The van der Waals surface area contributed by atoms with Crippen molar-refractivity contribution in [2.24, 2.45) is 0 Å². The fourth-order valence-electron chi connectivity index (χ4n) is 0.487. The molecule has 66 valence electrons. The summed E-state index contributed by atoms with van der Waals surface area (Å²) in [5.74, 6) is -0.173. The molecule has 1 atom stereocenters. The first-order valence-corrected chi connectivity index (χ1v) is 4.83. The van der Waals surface area contributed by atoms with Crippen molar-refractivity contribution >= 4 is 28.8 Å². The van der Waals surface area contributed by atoms with E-state index in [1.807, 2.05) is 22.9 Å². The van der Waals surface area contributed by atoms with Crippen molar-refractivity contribution in [1.29, 1.82) is 0 Å². The number of esters is 1. The molecule has 0 saturated heterocycles. The highest BCUT2D eigenvalue weighted by Gasteiger charge is 2.10. The van der Waals surface area contributed by atoms with Gasteiger partial charge in [0.15, 0.2) is 0 Å². The lowest BCUT2D eigenvalue weighted by Gasteiger charge is -2.08. The van der Waals surface area contributed by atoms with Crippen LogP contribution in [0, 0.1) is 0 Å². The van der Waals surface area contributed by atoms with Crippen LogP contribution in [-0.2, 0) is 9.53 Å². The lowest BCUT2D eigenvalue weighted by molar-refractivity contribution is -0.145. The fraction of sp³-hybridized carbons (Fsp3) is 0.857. The SMILES string of the molecule is CCCCOC(=O)C(C)NI. The van der Waals surface area contributed by atoms with E-state index < -0.39 is 0 Å². The maximum absolute atomic E-state index is 11.0. The number of hydrogen-bond donors (Lipinski definition) is 1. The van der Waals surface area contributed by atoms with Crippen molar-refractivity contribution in [1.82, 2.24) is 3.53 Å². The minimum atomic E-state index is -0.201. The molecule has 0 saturated carbocycles. The van der Waals surface area contributed by atoms with E-state index >= 15 is 0 Å². The maximum Gasteiger partial charge on any atom is 0.323 e. The molecule has 0 aromatic rings. The minimum Gasteiger partial charge on any atom is -0.465 e. The number of carbonyl (C=O) groups excluding carboxylic acids is 1. The molecule has 0 aliphatic carbocycles. The third-order valence-corrected chi connectivity index (χ3v) is 2.19. The van der Waals surface area contributed by atoms with Gasteiger partial charge in [-0.25, -0.2) is 3.53 Å². The van der Waals surface area contributed by atoms with Gasteiger partial charge in [-0.05, 0) is 13.3 Å². The maximum atomic E-state index is 11.0. The third kappa shape index (κ3) is 5.43. The topological polar surface area (TPSA) is 38.3 Å². The predicted molar refractivity (Wildman–Crippen MR) is 52.5 cm³/mol. The molecule has 3 nitrogen and oxygen atoms in total. The van der Waals surface area contributed by atoms with E-state index in [9.17, 15) is 4.79 Å². The van der Waals surface area contributed by atoms with Crippen LogP contribution in [0.2, 0.25) is 0 Å². The van der Waals surface area contributed by atoms with Gasteiger partial charge in [-0.1, -0.05) is 13.3 Å². The van der Waals surface area contributed by atoms with Crippen molar-refractivity contribution in [3.63, 3.8) is 0 Å². The van der Waals surface area contributed by atoms with Gasteiger partial charge in [-0.2, -0.15) is 0 Å².